The highest BCUT2D eigenvalue weighted by Crippen LogP contribution is 2.37. The molecular weight excluding hydrogens is 630 g/mol. The fourth-order valence-electron chi connectivity index (χ4n) is 6.60. The van der Waals surface area contributed by atoms with E-state index in [1.165, 1.54) is 84.7 Å². The van der Waals surface area contributed by atoms with Gasteiger partial charge in [0.25, 0.3) is 5.91 Å². The van der Waals surface area contributed by atoms with Crippen molar-refractivity contribution >= 4 is 34.7 Å². The lowest BCUT2D eigenvalue weighted by Gasteiger charge is -2.32. The number of hydrogen-bond acceptors (Lipinski definition) is 7. The minimum atomic E-state index is -3.10. The lowest BCUT2D eigenvalue weighted by molar-refractivity contribution is -0.133. The van der Waals surface area contributed by atoms with Crippen molar-refractivity contribution in [2.75, 3.05) is 25.0 Å². The van der Waals surface area contributed by atoms with Crippen molar-refractivity contribution in [1.29, 1.82) is 0 Å². The predicted octanol–water partition coefficient (Wildman–Crippen LogP) is 6.04. The number of aromatic nitrogens is 5. The third-order valence-electron chi connectivity index (χ3n) is 9.04. The Kier molecular flexibility index (Phi) is 10.6. The van der Waals surface area contributed by atoms with Gasteiger partial charge in [-0.1, -0.05) is 43.7 Å². The number of anilines is 1. The Hall–Kier alpha value is -4.10. The van der Waals surface area contributed by atoms with Crippen molar-refractivity contribution in [3.63, 3.8) is 0 Å². The molecule has 250 valence electrons. The van der Waals surface area contributed by atoms with Crippen LogP contribution in [-0.4, -0.2) is 73.4 Å². The molecule has 11 nitrogen and oxygen atoms in total. The lowest BCUT2D eigenvalue weighted by atomic mass is 9.86. The average molecular weight is 669 g/mol. The van der Waals surface area contributed by atoms with Gasteiger partial charge in [0.1, 0.15) is 23.6 Å². The summed E-state index contributed by atoms with van der Waals surface area (Å²) in [7, 11) is 0. The summed E-state index contributed by atoms with van der Waals surface area (Å²) in [4.78, 5) is 32.8. The van der Waals surface area contributed by atoms with Crippen molar-refractivity contribution in [2.24, 2.45) is 5.92 Å². The van der Waals surface area contributed by atoms with Crippen molar-refractivity contribution in [1.82, 2.24) is 34.6 Å². The van der Waals surface area contributed by atoms with Gasteiger partial charge in [0.2, 0.25) is 5.91 Å². The molecule has 14 heteroatoms. The van der Waals surface area contributed by atoms with E-state index >= 15 is 0 Å². The van der Waals surface area contributed by atoms with Crippen LogP contribution < -0.4 is 15.4 Å². The summed E-state index contributed by atoms with van der Waals surface area (Å²) < 4.78 is 34.2. The molecule has 1 saturated carbocycles. The second kappa shape index (κ2) is 15.2. The molecule has 4 aromatic rings. The maximum absolute atomic E-state index is 13.4. The molecule has 1 aromatic carbocycles. The van der Waals surface area contributed by atoms with Crippen LogP contribution in [0.4, 0.5) is 14.5 Å². The first-order valence-electron chi connectivity index (χ1n) is 16.3. The van der Waals surface area contributed by atoms with Crippen molar-refractivity contribution in [2.45, 2.75) is 77.0 Å². The fourth-order valence-corrected chi connectivity index (χ4v) is 6.77. The molecule has 0 unspecified atom stereocenters. The number of rotatable bonds is 12. The van der Waals surface area contributed by atoms with Crippen LogP contribution in [0.3, 0.4) is 0 Å². The molecule has 2 aliphatic rings. The Morgan fingerprint density at radius 3 is 2.70 bits per heavy atom. The van der Waals surface area contributed by atoms with E-state index in [-0.39, 0.29) is 45.7 Å². The molecule has 6 rings (SSSR count). The molecule has 47 heavy (non-hydrogen) atoms. The molecule has 0 spiro atoms. The molecule has 1 aliphatic heterocycles. The number of nitrogens with one attached hydrogen (secondary N) is 2. The number of carbonyl (C=O) groups excluding carboxylic acids is 2. The zero-order valence-corrected chi connectivity index (χ0v) is 26.8. The Bertz CT molecular complexity index is 1680. The standard InChI is InChI=1S/C33H39ClF2N8O3/c34-23-9-10-28(47-33(35)36)25(18-23)30-27(40-32(46)26-19-39-44-15-5-14-38-31(26)44)20-43(41-30)21-29(45)42-16-11-24(12-17-42)37-13-4-8-22-6-2-1-3-7-22/h5,9-10,14-15,18-20,22,24,33,37H,1-4,6-8,11-13,16-17,21H2,(H,40,46). The molecule has 2 amide bonds. The monoisotopic (exact) mass is 668 g/mol. The molecule has 3 aromatic heterocycles. The summed E-state index contributed by atoms with van der Waals surface area (Å²) in [6.07, 6.45) is 17.2. The van der Waals surface area contributed by atoms with Gasteiger partial charge in [0.15, 0.2) is 5.65 Å². The molecule has 2 N–H and O–H groups in total. The van der Waals surface area contributed by atoms with E-state index in [1.807, 2.05) is 4.90 Å². The van der Waals surface area contributed by atoms with Crippen LogP contribution in [0, 0.1) is 5.92 Å². The first-order valence-corrected chi connectivity index (χ1v) is 16.6. The van der Waals surface area contributed by atoms with Crippen molar-refractivity contribution in [3.05, 3.63) is 59.6 Å². The van der Waals surface area contributed by atoms with Gasteiger partial charge in [-0.15, -0.1) is 0 Å². The van der Waals surface area contributed by atoms with E-state index in [0.717, 1.165) is 25.3 Å². The van der Waals surface area contributed by atoms with Gasteiger partial charge < -0.3 is 20.3 Å². The zero-order chi connectivity index (χ0) is 32.8. The Morgan fingerprint density at radius 1 is 1.11 bits per heavy atom. The van der Waals surface area contributed by atoms with E-state index in [4.69, 9.17) is 16.3 Å². The average Bonchev–Trinajstić information content (AvgIpc) is 3.68. The number of nitrogens with zero attached hydrogens (tertiary/aromatic N) is 6. The SMILES string of the molecule is O=C(Nc1cn(CC(=O)N2CCC(NCCCC3CCCCC3)CC2)nc1-c1cc(Cl)ccc1OC(F)F)c1cnn2cccnc12. The lowest BCUT2D eigenvalue weighted by Crippen LogP contribution is -2.46. The second-order valence-corrected chi connectivity index (χ2v) is 12.7. The third kappa shape index (κ3) is 8.25. The van der Waals surface area contributed by atoms with Crippen LogP contribution in [0.25, 0.3) is 16.9 Å². The molecule has 2 fully saturated rings. The maximum atomic E-state index is 13.4. The first-order chi connectivity index (χ1) is 22.8. The first kappa shape index (κ1) is 32.8. The van der Waals surface area contributed by atoms with Gasteiger partial charge in [-0.3, -0.25) is 14.3 Å². The number of amides is 2. The largest absolute Gasteiger partial charge is 0.434 e. The van der Waals surface area contributed by atoms with E-state index in [9.17, 15) is 18.4 Å². The van der Waals surface area contributed by atoms with Crippen molar-refractivity contribution in [3.8, 4) is 17.0 Å². The molecule has 0 radical (unpaired) electrons. The third-order valence-corrected chi connectivity index (χ3v) is 9.27. The summed E-state index contributed by atoms with van der Waals surface area (Å²) in [6, 6.07) is 6.22. The van der Waals surface area contributed by atoms with E-state index < -0.39 is 12.5 Å². The van der Waals surface area contributed by atoms with Crippen LogP contribution in [0.1, 0.15) is 68.1 Å². The van der Waals surface area contributed by atoms with Crippen LogP contribution in [0.15, 0.2) is 49.1 Å². The smallest absolute Gasteiger partial charge is 0.387 e. The van der Waals surface area contributed by atoms with E-state index in [2.05, 4.69) is 25.8 Å². The fraction of sp³-hybridized carbons (Fsp3) is 0.485. The van der Waals surface area contributed by atoms with Gasteiger partial charge >= 0.3 is 6.61 Å². The van der Waals surface area contributed by atoms with Gasteiger partial charge in [0, 0.05) is 48.3 Å². The number of benzene rings is 1. The number of carbonyl (C=O) groups is 2. The summed E-state index contributed by atoms with van der Waals surface area (Å²) >= 11 is 6.24. The molecule has 4 heterocycles. The van der Waals surface area contributed by atoms with Gasteiger partial charge in [-0.05, 0) is 62.4 Å². The van der Waals surface area contributed by atoms with E-state index in [1.54, 1.807) is 18.5 Å². The number of piperidine rings is 1. The minimum Gasteiger partial charge on any atom is -0.434 e. The number of fused-ring (bicyclic) bond motifs is 1. The Morgan fingerprint density at radius 2 is 1.91 bits per heavy atom. The number of likely N-dealkylation sites (tertiary alicyclic amines) is 1. The van der Waals surface area contributed by atoms with Gasteiger partial charge in [-0.2, -0.15) is 19.0 Å². The number of hydrogen-bond donors (Lipinski definition) is 2. The summed E-state index contributed by atoms with van der Waals surface area (Å²) in [5.41, 5.74) is 0.954. The Labute approximate surface area is 276 Å². The minimum absolute atomic E-state index is 0.105. The number of ether oxygens (including phenoxy) is 1. The van der Waals surface area contributed by atoms with Gasteiger partial charge in [0.05, 0.1) is 11.9 Å². The molecule has 0 atom stereocenters. The maximum Gasteiger partial charge on any atom is 0.387 e. The van der Waals surface area contributed by atoms with Crippen molar-refractivity contribution < 1.29 is 23.1 Å². The quantitative estimate of drug-likeness (QED) is 0.177. The summed E-state index contributed by atoms with van der Waals surface area (Å²) in [5.74, 6) is 0.0292. The molecule has 0 bridgehead atoms. The van der Waals surface area contributed by atoms with Crippen LogP contribution in [0.5, 0.6) is 5.75 Å². The highest BCUT2D eigenvalue weighted by molar-refractivity contribution is 6.31. The number of alkyl halides is 2. The van der Waals surface area contributed by atoms with Crippen LogP contribution in [-0.2, 0) is 11.3 Å². The van der Waals surface area contributed by atoms with Crippen LogP contribution >= 0.6 is 11.6 Å². The second-order valence-electron chi connectivity index (χ2n) is 12.3. The zero-order valence-electron chi connectivity index (χ0n) is 26.1. The molecular formula is C33H39ClF2N8O3. The predicted molar refractivity (Wildman–Crippen MR) is 174 cm³/mol. The summed E-state index contributed by atoms with van der Waals surface area (Å²) in [6.45, 7) is -0.952. The van der Waals surface area contributed by atoms with Crippen LogP contribution in [0.2, 0.25) is 5.02 Å². The highest BCUT2D eigenvalue weighted by Gasteiger charge is 2.26. The topological polar surface area (TPSA) is 119 Å². The molecule has 1 saturated heterocycles. The number of halogens is 3. The summed E-state index contributed by atoms with van der Waals surface area (Å²) in [5, 5.41) is 15.4. The van der Waals surface area contributed by atoms with E-state index in [0.29, 0.717) is 24.8 Å². The highest BCUT2D eigenvalue weighted by atomic mass is 35.5. The molecule has 1 aliphatic carbocycles. The van der Waals surface area contributed by atoms with Gasteiger partial charge in [-0.25, -0.2) is 9.50 Å². The normalized spacial score (nSPS) is 16.2. The Balaban J connectivity index is 1.13.